The van der Waals surface area contributed by atoms with Gasteiger partial charge in [-0.2, -0.15) is 0 Å². The van der Waals surface area contributed by atoms with Gasteiger partial charge < -0.3 is 5.11 Å². The predicted octanol–water partition coefficient (Wildman–Crippen LogP) is 3.96. The van der Waals surface area contributed by atoms with Gasteiger partial charge in [0, 0.05) is 10.6 Å². The van der Waals surface area contributed by atoms with Crippen molar-refractivity contribution in [2.24, 2.45) is 0 Å². The monoisotopic (exact) mass is 252 g/mol. The molecule has 2 aromatic carbocycles. The number of thioether (sulfide) groups is 1. The number of rotatable bonds is 0. The van der Waals surface area contributed by atoms with Gasteiger partial charge in [-0.05, 0) is 52.5 Å². The van der Waals surface area contributed by atoms with Gasteiger partial charge in [0.2, 0.25) is 0 Å². The molecule has 1 nitrogen and oxygen atoms in total. The van der Waals surface area contributed by atoms with Gasteiger partial charge in [-0.25, -0.2) is 0 Å². The largest absolute Gasteiger partial charge is 0.508 e. The van der Waals surface area contributed by atoms with Gasteiger partial charge in [-0.3, -0.25) is 0 Å². The molecule has 1 heterocycles. The minimum atomic E-state index is 0.367. The Morgan fingerprint density at radius 3 is 2.78 bits per heavy atom. The summed E-state index contributed by atoms with van der Waals surface area (Å²) in [6, 6.07) is 14.4. The van der Waals surface area contributed by atoms with Crippen LogP contribution in [0.15, 0.2) is 47.4 Å². The molecule has 0 aromatic heterocycles. The van der Waals surface area contributed by atoms with Crippen molar-refractivity contribution in [2.45, 2.75) is 11.3 Å². The second-order valence-electron chi connectivity index (χ2n) is 4.76. The van der Waals surface area contributed by atoms with Gasteiger partial charge in [0.25, 0.3) is 0 Å². The first-order valence-electron chi connectivity index (χ1n) is 6.09. The average Bonchev–Trinajstić information content (AvgIpc) is 2.77. The van der Waals surface area contributed by atoms with Crippen LogP contribution in [0.3, 0.4) is 0 Å². The van der Waals surface area contributed by atoms with Crippen LogP contribution >= 0.6 is 11.8 Å². The zero-order chi connectivity index (χ0) is 12.1. The van der Waals surface area contributed by atoms with E-state index in [1.54, 1.807) is 6.07 Å². The van der Waals surface area contributed by atoms with Crippen molar-refractivity contribution in [1.29, 1.82) is 0 Å². The van der Waals surface area contributed by atoms with E-state index < -0.39 is 0 Å². The Morgan fingerprint density at radius 2 is 1.83 bits per heavy atom. The summed E-state index contributed by atoms with van der Waals surface area (Å²) in [5, 5.41) is 9.65. The molecule has 0 saturated heterocycles. The lowest BCUT2D eigenvalue weighted by Gasteiger charge is -2.18. The van der Waals surface area contributed by atoms with Crippen LogP contribution in [0.4, 0.5) is 0 Å². The van der Waals surface area contributed by atoms with E-state index in [2.05, 4.69) is 30.3 Å². The standard InChI is InChI=1S/C16H12OS/c17-11-6-5-10-7-14-12-3-1-2-4-16(12)18-9-15(14)13(10)8-11/h1-6,8,17H,7,9H2. The fourth-order valence-corrected chi connectivity index (χ4v) is 4.02. The van der Waals surface area contributed by atoms with Crippen LogP contribution in [0.2, 0.25) is 0 Å². The molecule has 2 heteroatoms. The Labute approximate surface area is 110 Å². The Morgan fingerprint density at radius 1 is 0.944 bits per heavy atom. The van der Waals surface area contributed by atoms with Gasteiger partial charge in [0.05, 0.1) is 0 Å². The summed E-state index contributed by atoms with van der Waals surface area (Å²) in [6.45, 7) is 0. The molecule has 1 aliphatic carbocycles. The second kappa shape index (κ2) is 3.66. The van der Waals surface area contributed by atoms with E-state index in [9.17, 15) is 5.11 Å². The van der Waals surface area contributed by atoms with Gasteiger partial charge >= 0.3 is 0 Å². The van der Waals surface area contributed by atoms with Crippen molar-refractivity contribution < 1.29 is 5.11 Å². The number of benzene rings is 2. The number of phenols is 1. The lowest BCUT2D eigenvalue weighted by Crippen LogP contribution is -1.97. The number of phenolic OH excluding ortho intramolecular Hbond substituents is 1. The van der Waals surface area contributed by atoms with E-state index in [1.807, 2.05) is 17.8 Å². The maximum absolute atomic E-state index is 9.65. The number of aromatic hydroxyl groups is 1. The highest BCUT2D eigenvalue weighted by atomic mass is 32.2. The van der Waals surface area contributed by atoms with E-state index in [1.165, 1.54) is 32.7 Å². The van der Waals surface area contributed by atoms with Crippen LogP contribution in [0, 0.1) is 0 Å². The lowest BCUT2D eigenvalue weighted by atomic mass is 10.0. The maximum Gasteiger partial charge on any atom is 0.116 e. The van der Waals surface area contributed by atoms with Crippen molar-refractivity contribution in [2.75, 3.05) is 5.75 Å². The number of fused-ring (bicyclic) bond motifs is 4. The van der Waals surface area contributed by atoms with Crippen LogP contribution in [-0.4, -0.2) is 10.9 Å². The first kappa shape index (κ1) is 10.3. The summed E-state index contributed by atoms with van der Waals surface area (Å²) in [7, 11) is 0. The molecule has 0 fully saturated rings. The highest BCUT2D eigenvalue weighted by Crippen LogP contribution is 2.47. The molecule has 0 radical (unpaired) electrons. The fourth-order valence-electron chi connectivity index (χ4n) is 2.87. The summed E-state index contributed by atoms with van der Waals surface area (Å²) in [4.78, 5) is 1.38. The van der Waals surface area contributed by atoms with Gasteiger partial charge in [0.1, 0.15) is 5.75 Å². The number of hydrogen-bond acceptors (Lipinski definition) is 2. The SMILES string of the molecule is Oc1ccc2c(c1)C1=C(C2)c2ccccc2SC1. The summed E-state index contributed by atoms with van der Waals surface area (Å²) >= 11 is 1.90. The Hall–Kier alpha value is -1.67. The molecule has 0 bridgehead atoms. The molecule has 88 valence electrons. The fraction of sp³-hybridized carbons (Fsp3) is 0.125. The molecule has 0 atom stereocenters. The summed E-state index contributed by atoms with van der Waals surface area (Å²) < 4.78 is 0. The summed E-state index contributed by atoms with van der Waals surface area (Å²) in [5.74, 6) is 1.38. The van der Waals surface area contributed by atoms with Crippen LogP contribution in [0.5, 0.6) is 5.75 Å². The van der Waals surface area contributed by atoms with Gasteiger partial charge in [-0.15, -0.1) is 11.8 Å². The van der Waals surface area contributed by atoms with Gasteiger partial charge in [0.15, 0.2) is 0 Å². The smallest absolute Gasteiger partial charge is 0.116 e. The van der Waals surface area contributed by atoms with Crippen LogP contribution in [-0.2, 0) is 6.42 Å². The molecule has 2 aromatic rings. The van der Waals surface area contributed by atoms with Crippen LogP contribution in [0.1, 0.15) is 16.7 Å². The number of allylic oxidation sites excluding steroid dienone is 1. The van der Waals surface area contributed by atoms with Crippen molar-refractivity contribution in [3.63, 3.8) is 0 Å². The molecule has 1 N–H and O–H groups in total. The minimum absolute atomic E-state index is 0.367. The minimum Gasteiger partial charge on any atom is -0.508 e. The van der Waals surface area contributed by atoms with Crippen LogP contribution < -0.4 is 0 Å². The van der Waals surface area contributed by atoms with Gasteiger partial charge in [-0.1, -0.05) is 24.3 Å². The molecule has 0 saturated carbocycles. The van der Waals surface area contributed by atoms with Crippen molar-refractivity contribution in [1.82, 2.24) is 0 Å². The van der Waals surface area contributed by atoms with Crippen molar-refractivity contribution in [3.8, 4) is 5.75 Å². The molecule has 4 rings (SSSR count). The molecule has 0 spiro atoms. The highest BCUT2D eigenvalue weighted by molar-refractivity contribution is 7.99. The summed E-state index contributed by atoms with van der Waals surface area (Å²) in [6.07, 6.45) is 1.00. The van der Waals surface area contributed by atoms with E-state index in [0.717, 1.165) is 12.2 Å². The van der Waals surface area contributed by atoms with E-state index in [0.29, 0.717) is 5.75 Å². The predicted molar refractivity (Wildman–Crippen MR) is 75.8 cm³/mol. The first-order chi connectivity index (χ1) is 8.83. The molecular weight excluding hydrogens is 240 g/mol. The molecule has 2 aliphatic rings. The summed E-state index contributed by atoms with van der Waals surface area (Å²) in [5.41, 5.74) is 6.82. The van der Waals surface area contributed by atoms with E-state index in [-0.39, 0.29) is 0 Å². The van der Waals surface area contributed by atoms with Crippen molar-refractivity contribution >= 4 is 22.9 Å². The molecule has 0 unspecified atom stereocenters. The zero-order valence-electron chi connectivity index (χ0n) is 9.81. The molecular formula is C16H12OS. The lowest BCUT2D eigenvalue weighted by molar-refractivity contribution is 0.475. The molecule has 0 amide bonds. The highest BCUT2D eigenvalue weighted by Gasteiger charge is 2.27. The Balaban J connectivity index is 1.94. The molecule has 1 aliphatic heterocycles. The topological polar surface area (TPSA) is 20.2 Å². The Bertz CT molecular complexity index is 685. The van der Waals surface area contributed by atoms with Crippen LogP contribution in [0.25, 0.3) is 11.1 Å². The molecule has 18 heavy (non-hydrogen) atoms. The maximum atomic E-state index is 9.65. The third-order valence-electron chi connectivity index (χ3n) is 3.73. The second-order valence-corrected chi connectivity index (χ2v) is 5.78. The van der Waals surface area contributed by atoms with Crippen molar-refractivity contribution in [3.05, 3.63) is 59.2 Å². The van der Waals surface area contributed by atoms with E-state index in [4.69, 9.17) is 0 Å². The third-order valence-corrected chi connectivity index (χ3v) is 4.83. The zero-order valence-corrected chi connectivity index (χ0v) is 10.6. The normalized spacial score (nSPS) is 16.2. The number of hydrogen-bond donors (Lipinski definition) is 1. The quantitative estimate of drug-likeness (QED) is 0.765. The average molecular weight is 252 g/mol. The Kier molecular flexibility index (Phi) is 2.09. The van der Waals surface area contributed by atoms with E-state index >= 15 is 0 Å². The first-order valence-corrected chi connectivity index (χ1v) is 7.08. The third kappa shape index (κ3) is 1.36.